The predicted molar refractivity (Wildman–Crippen MR) is 76.5 cm³/mol. The first-order chi connectivity index (χ1) is 9.52. The summed E-state index contributed by atoms with van der Waals surface area (Å²) in [5.74, 6) is -0.630. The van der Waals surface area contributed by atoms with Crippen LogP contribution in [0.1, 0.15) is 35.2 Å². The van der Waals surface area contributed by atoms with Crippen LogP contribution in [0.25, 0.3) is 0 Å². The van der Waals surface area contributed by atoms with Gasteiger partial charge >= 0.3 is 5.97 Å². The average molecular weight is 276 g/mol. The number of benzene rings is 1. The van der Waals surface area contributed by atoms with Gasteiger partial charge in [0.1, 0.15) is 0 Å². The molecule has 0 heterocycles. The molecule has 1 aromatic rings. The molecule has 2 unspecified atom stereocenters. The molecule has 1 fully saturated rings. The van der Waals surface area contributed by atoms with Gasteiger partial charge < -0.3 is 15.8 Å². The summed E-state index contributed by atoms with van der Waals surface area (Å²) in [6.45, 7) is 1.88. The standard InChI is InChI=1S/C15H20N2O3/c1-9-6-7-10(15(19)20-2)8-13(9)17-14(18)11-4-3-5-12(11)16/h6-8,11-12H,3-5,16H2,1-2H3,(H,17,18). The van der Waals surface area contributed by atoms with E-state index in [2.05, 4.69) is 10.1 Å². The Kier molecular flexibility index (Phi) is 4.39. The van der Waals surface area contributed by atoms with Crippen molar-refractivity contribution in [2.45, 2.75) is 32.2 Å². The minimum absolute atomic E-state index is 0.0693. The number of methoxy groups -OCH3 is 1. The van der Waals surface area contributed by atoms with Crippen molar-refractivity contribution in [3.05, 3.63) is 29.3 Å². The maximum absolute atomic E-state index is 12.2. The van der Waals surface area contributed by atoms with E-state index in [4.69, 9.17) is 5.73 Å². The summed E-state index contributed by atoms with van der Waals surface area (Å²) in [4.78, 5) is 23.7. The number of nitrogens with two attached hydrogens (primary N) is 1. The Morgan fingerprint density at radius 3 is 2.70 bits per heavy atom. The molecular weight excluding hydrogens is 256 g/mol. The topological polar surface area (TPSA) is 81.4 Å². The summed E-state index contributed by atoms with van der Waals surface area (Å²) in [6.07, 6.45) is 2.70. The van der Waals surface area contributed by atoms with Crippen LogP contribution in [0.2, 0.25) is 0 Å². The maximum Gasteiger partial charge on any atom is 0.337 e. The van der Waals surface area contributed by atoms with Crippen LogP contribution in [0.5, 0.6) is 0 Å². The highest BCUT2D eigenvalue weighted by Crippen LogP contribution is 2.26. The van der Waals surface area contributed by atoms with Crippen molar-refractivity contribution in [3.8, 4) is 0 Å². The largest absolute Gasteiger partial charge is 0.465 e. The number of rotatable bonds is 3. The van der Waals surface area contributed by atoms with Gasteiger partial charge in [0.25, 0.3) is 0 Å². The number of nitrogens with one attached hydrogen (secondary N) is 1. The summed E-state index contributed by atoms with van der Waals surface area (Å²) in [7, 11) is 1.33. The van der Waals surface area contributed by atoms with Crippen molar-refractivity contribution in [2.24, 2.45) is 11.7 Å². The average Bonchev–Trinajstić information content (AvgIpc) is 2.86. The zero-order chi connectivity index (χ0) is 14.7. The Morgan fingerprint density at radius 1 is 1.35 bits per heavy atom. The molecule has 1 aliphatic carbocycles. The van der Waals surface area contributed by atoms with Gasteiger partial charge in [0, 0.05) is 11.7 Å². The van der Waals surface area contributed by atoms with Crippen LogP contribution in [0.3, 0.4) is 0 Å². The number of ether oxygens (including phenoxy) is 1. The van der Waals surface area contributed by atoms with E-state index < -0.39 is 5.97 Å². The highest BCUT2D eigenvalue weighted by atomic mass is 16.5. The van der Waals surface area contributed by atoms with E-state index in [0.717, 1.165) is 24.8 Å². The lowest BCUT2D eigenvalue weighted by Gasteiger charge is -2.16. The van der Waals surface area contributed by atoms with E-state index >= 15 is 0 Å². The third-order valence-corrected chi connectivity index (χ3v) is 3.82. The zero-order valence-electron chi connectivity index (χ0n) is 11.8. The number of amides is 1. The van der Waals surface area contributed by atoms with Crippen molar-refractivity contribution in [1.29, 1.82) is 0 Å². The van der Waals surface area contributed by atoms with Crippen molar-refractivity contribution < 1.29 is 14.3 Å². The number of anilines is 1. The second-order valence-corrected chi connectivity index (χ2v) is 5.21. The lowest BCUT2D eigenvalue weighted by molar-refractivity contribution is -0.120. The van der Waals surface area contributed by atoms with Crippen LogP contribution < -0.4 is 11.1 Å². The van der Waals surface area contributed by atoms with Gasteiger partial charge in [-0.3, -0.25) is 4.79 Å². The molecule has 2 atom stereocenters. The monoisotopic (exact) mass is 276 g/mol. The molecule has 2 rings (SSSR count). The second-order valence-electron chi connectivity index (χ2n) is 5.21. The van der Waals surface area contributed by atoms with Crippen LogP contribution in [0, 0.1) is 12.8 Å². The molecule has 1 amide bonds. The van der Waals surface area contributed by atoms with Gasteiger partial charge in [-0.15, -0.1) is 0 Å². The predicted octanol–water partition coefficient (Wildman–Crippen LogP) is 1.85. The molecular formula is C15H20N2O3. The van der Waals surface area contributed by atoms with E-state index in [-0.39, 0.29) is 17.9 Å². The number of aryl methyl sites for hydroxylation is 1. The van der Waals surface area contributed by atoms with E-state index in [9.17, 15) is 9.59 Å². The zero-order valence-corrected chi connectivity index (χ0v) is 11.8. The fourth-order valence-corrected chi connectivity index (χ4v) is 2.54. The molecule has 1 aromatic carbocycles. The summed E-state index contributed by atoms with van der Waals surface area (Å²) < 4.78 is 4.68. The Balaban J connectivity index is 2.16. The molecule has 3 N–H and O–H groups in total. The van der Waals surface area contributed by atoms with Crippen LogP contribution in [-0.2, 0) is 9.53 Å². The van der Waals surface area contributed by atoms with Crippen molar-refractivity contribution in [1.82, 2.24) is 0 Å². The Bertz CT molecular complexity index is 528. The molecule has 108 valence electrons. The first-order valence-corrected chi connectivity index (χ1v) is 6.78. The van der Waals surface area contributed by atoms with Gasteiger partial charge in [-0.05, 0) is 37.5 Å². The van der Waals surface area contributed by atoms with Gasteiger partial charge in [0.2, 0.25) is 5.91 Å². The van der Waals surface area contributed by atoms with Crippen molar-refractivity contribution in [3.63, 3.8) is 0 Å². The summed E-state index contributed by atoms with van der Waals surface area (Å²) in [5.41, 5.74) is 7.89. The Morgan fingerprint density at radius 2 is 2.10 bits per heavy atom. The third kappa shape index (κ3) is 2.99. The lowest BCUT2D eigenvalue weighted by Crippen LogP contribution is -2.34. The summed E-state index contributed by atoms with van der Waals surface area (Å²) >= 11 is 0. The molecule has 20 heavy (non-hydrogen) atoms. The van der Waals surface area contributed by atoms with E-state index in [0.29, 0.717) is 11.3 Å². The van der Waals surface area contributed by atoms with Crippen molar-refractivity contribution in [2.75, 3.05) is 12.4 Å². The fraction of sp³-hybridized carbons (Fsp3) is 0.467. The molecule has 0 bridgehead atoms. The molecule has 0 spiro atoms. The van der Waals surface area contributed by atoms with E-state index in [1.807, 2.05) is 6.92 Å². The van der Waals surface area contributed by atoms with Gasteiger partial charge in [0.05, 0.1) is 18.6 Å². The first kappa shape index (κ1) is 14.5. The minimum atomic E-state index is -0.418. The molecule has 0 saturated heterocycles. The van der Waals surface area contributed by atoms with E-state index in [1.165, 1.54) is 7.11 Å². The molecule has 1 saturated carbocycles. The number of carbonyl (C=O) groups excluding carboxylic acids is 2. The Labute approximate surface area is 118 Å². The quantitative estimate of drug-likeness (QED) is 0.825. The number of hydrogen-bond donors (Lipinski definition) is 2. The normalized spacial score (nSPS) is 21.6. The van der Waals surface area contributed by atoms with Gasteiger partial charge in [-0.1, -0.05) is 12.5 Å². The minimum Gasteiger partial charge on any atom is -0.465 e. The van der Waals surface area contributed by atoms with Gasteiger partial charge in [-0.25, -0.2) is 4.79 Å². The third-order valence-electron chi connectivity index (χ3n) is 3.82. The smallest absolute Gasteiger partial charge is 0.337 e. The molecule has 1 aliphatic rings. The number of esters is 1. The lowest BCUT2D eigenvalue weighted by atomic mass is 10.0. The SMILES string of the molecule is COC(=O)c1ccc(C)c(NC(=O)C2CCCC2N)c1. The van der Waals surface area contributed by atoms with Crippen LogP contribution in [-0.4, -0.2) is 25.0 Å². The molecule has 0 radical (unpaired) electrons. The van der Waals surface area contributed by atoms with Crippen LogP contribution in [0.4, 0.5) is 5.69 Å². The maximum atomic E-state index is 12.2. The molecule has 5 heteroatoms. The summed E-state index contributed by atoms with van der Waals surface area (Å²) in [6, 6.07) is 5.03. The Hall–Kier alpha value is -1.88. The molecule has 5 nitrogen and oxygen atoms in total. The van der Waals surface area contributed by atoms with E-state index in [1.54, 1.807) is 18.2 Å². The van der Waals surface area contributed by atoms with Crippen LogP contribution in [0.15, 0.2) is 18.2 Å². The number of hydrogen-bond acceptors (Lipinski definition) is 4. The summed E-state index contributed by atoms with van der Waals surface area (Å²) in [5, 5.41) is 2.88. The van der Waals surface area contributed by atoms with Gasteiger partial charge in [-0.2, -0.15) is 0 Å². The second kappa shape index (κ2) is 6.05. The molecule has 0 aliphatic heterocycles. The molecule has 0 aromatic heterocycles. The highest BCUT2D eigenvalue weighted by Gasteiger charge is 2.30. The highest BCUT2D eigenvalue weighted by molar-refractivity contribution is 5.96. The first-order valence-electron chi connectivity index (χ1n) is 6.78. The van der Waals surface area contributed by atoms with Crippen LogP contribution >= 0.6 is 0 Å². The fourth-order valence-electron chi connectivity index (χ4n) is 2.54. The van der Waals surface area contributed by atoms with Gasteiger partial charge in [0.15, 0.2) is 0 Å². The van der Waals surface area contributed by atoms with Crippen molar-refractivity contribution >= 4 is 17.6 Å². The number of carbonyl (C=O) groups is 2.